The van der Waals surface area contributed by atoms with Crippen LogP contribution in [0, 0.1) is 0 Å². The van der Waals surface area contributed by atoms with Crippen LogP contribution in [0.4, 0.5) is 10.5 Å². The zero-order valence-corrected chi connectivity index (χ0v) is 14.9. The predicted molar refractivity (Wildman–Crippen MR) is 97.9 cm³/mol. The predicted octanol–water partition coefficient (Wildman–Crippen LogP) is 2.59. The molecule has 2 heterocycles. The van der Waals surface area contributed by atoms with E-state index in [1.54, 1.807) is 17.0 Å². The molecule has 2 aromatic carbocycles. The third-order valence-corrected chi connectivity index (χ3v) is 4.72. The first kappa shape index (κ1) is 17.2. The van der Waals surface area contributed by atoms with Crippen LogP contribution in [0.1, 0.15) is 11.1 Å². The van der Waals surface area contributed by atoms with Crippen molar-refractivity contribution in [3.05, 3.63) is 53.6 Å². The monoisotopic (exact) mass is 368 g/mol. The van der Waals surface area contributed by atoms with E-state index in [4.69, 9.17) is 14.2 Å². The van der Waals surface area contributed by atoms with Crippen LogP contribution in [0.5, 0.6) is 11.5 Å². The molecule has 0 fully saturated rings. The zero-order chi connectivity index (χ0) is 18.8. The SMILES string of the molecule is COC(=O)N1CCc2ccc(NC(=O)[C@@H]3COc4ccccc4O3)cc2C1. The van der Waals surface area contributed by atoms with Gasteiger partial charge in [0.25, 0.3) is 5.91 Å². The van der Waals surface area contributed by atoms with Crippen LogP contribution in [0.3, 0.4) is 0 Å². The number of fused-ring (bicyclic) bond motifs is 2. The van der Waals surface area contributed by atoms with Crippen molar-refractivity contribution in [2.24, 2.45) is 0 Å². The fourth-order valence-electron chi connectivity index (χ4n) is 3.29. The number of amides is 2. The lowest BCUT2D eigenvalue weighted by atomic mass is 9.99. The van der Waals surface area contributed by atoms with Crippen LogP contribution < -0.4 is 14.8 Å². The Morgan fingerprint density at radius 2 is 1.96 bits per heavy atom. The van der Waals surface area contributed by atoms with Crippen molar-refractivity contribution in [3.63, 3.8) is 0 Å². The minimum atomic E-state index is -0.720. The summed E-state index contributed by atoms with van der Waals surface area (Å²) in [7, 11) is 1.37. The summed E-state index contributed by atoms with van der Waals surface area (Å²) in [5.74, 6) is 0.923. The number of nitrogens with zero attached hydrogens (tertiary/aromatic N) is 1. The van der Waals surface area contributed by atoms with Crippen LogP contribution in [-0.4, -0.2) is 43.3 Å². The highest BCUT2D eigenvalue weighted by Crippen LogP contribution is 2.31. The van der Waals surface area contributed by atoms with Gasteiger partial charge < -0.3 is 24.4 Å². The molecule has 2 aromatic rings. The summed E-state index contributed by atoms with van der Waals surface area (Å²) in [6.07, 6.45) is -0.307. The van der Waals surface area contributed by atoms with Gasteiger partial charge >= 0.3 is 6.09 Å². The summed E-state index contributed by atoms with van der Waals surface area (Å²) in [5.41, 5.74) is 2.82. The number of nitrogens with one attached hydrogen (secondary N) is 1. The Morgan fingerprint density at radius 3 is 2.78 bits per heavy atom. The van der Waals surface area contributed by atoms with E-state index in [1.165, 1.54) is 12.7 Å². The molecule has 2 aliphatic rings. The van der Waals surface area contributed by atoms with Crippen molar-refractivity contribution in [1.82, 2.24) is 4.90 Å². The molecular weight excluding hydrogens is 348 g/mol. The van der Waals surface area contributed by atoms with Crippen molar-refractivity contribution < 1.29 is 23.8 Å². The third-order valence-electron chi connectivity index (χ3n) is 4.72. The maximum Gasteiger partial charge on any atom is 0.409 e. The minimum absolute atomic E-state index is 0.157. The molecule has 7 nitrogen and oxygen atoms in total. The highest BCUT2D eigenvalue weighted by molar-refractivity contribution is 5.94. The largest absolute Gasteiger partial charge is 0.485 e. The molecule has 0 spiro atoms. The quantitative estimate of drug-likeness (QED) is 0.882. The van der Waals surface area contributed by atoms with Crippen LogP contribution in [0.15, 0.2) is 42.5 Å². The second-order valence-electron chi connectivity index (χ2n) is 6.48. The fourth-order valence-corrected chi connectivity index (χ4v) is 3.29. The normalized spacial score (nSPS) is 17.7. The highest BCUT2D eigenvalue weighted by Gasteiger charge is 2.28. The summed E-state index contributed by atoms with van der Waals surface area (Å²) >= 11 is 0. The molecule has 140 valence electrons. The number of hydrogen-bond acceptors (Lipinski definition) is 5. The van der Waals surface area contributed by atoms with E-state index < -0.39 is 6.10 Å². The van der Waals surface area contributed by atoms with E-state index in [-0.39, 0.29) is 18.6 Å². The van der Waals surface area contributed by atoms with Crippen molar-refractivity contribution in [1.29, 1.82) is 0 Å². The number of hydrogen-bond donors (Lipinski definition) is 1. The zero-order valence-electron chi connectivity index (χ0n) is 14.9. The Kier molecular flexibility index (Phi) is 4.58. The number of anilines is 1. The molecule has 4 rings (SSSR count). The maximum atomic E-state index is 12.6. The number of carbonyl (C=O) groups excluding carboxylic acids is 2. The molecule has 1 atom stereocenters. The lowest BCUT2D eigenvalue weighted by Crippen LogP contribution is -2.40. The van der Waals surface area contributed by atoms with Crippen LogP contribution in [0.25, 0.3) is 0 Å². The molecule has 27 heavy (non-hydrogen) atoms. The molecule has 0 radical (unpaired) electrons. The average molecular weight is 368 g/mol. The van der Waals surface area contributed by atoms with Gasteiger partial charge in [0.2, 0.25) is 6.10 Å². The Labute approximate surface area is 156 Å². The number of rotatable bonds is 2. The van der Waals surface area contributed by atoms with Crippen LogP contribution in [-0.2, 0) is 22.5 Å². The van der Waals surface area contributed by atoms with Crippen molar-refractivity contribution in [2.75, 3.05) is 25.6 Å². The number of para-hydroxylation sites is 2. The van der Waals surface area contributed by atoms with E-state index in [0.717, 1.165) is 12.0 Å². The molecular formula is C20H20N2O5. The van der Waals surface area contributed by atoms with Gasteiger partial charge in [-0.1, -0.05) is 18.2 Å². The lowest BCUT2D eigenvalue weighted by Gasteiger charge is -2.28. The van der Waals surface area contributed by atoms with Crippen LogP contribution >= 0.6 is 0 Å². The molecule has 0 aliphatic carbocycles. The van der Waals surface area contributed by atoms with Crippen molar-refractivity contribution >= 4 is 17.7 Å². The van der Waals surface area contributed by atoms with Gasteiger partial charge in [-0.05, 0) is 41.8 Å². The van der Waals surface area contributed by atoms with E-state index in [0.29, 0.717) is 30.3 Å². The van der Waals surface area contributed by atoms with Gasteiger partial charge in [0, 0.05) is 18.8 Å². The number of ether oxygens (including phenoxy) is 3. The van der Waals surface area contributed by atoms with Crippen LogP contribution in [0.2, 0.25) is 0 Å². The standard InChI is InChI=1S/C20H20N2O5/c1-25-20(24)22-9-8-13-6-7-15(10-14(13)11-22)21-19(23)18-12-26-16-4-2-3-5-17(16)27-18/h2-7,10,18H,8-9,11-12H2,1H3,(H,21,23)/t18-/m0/s1. The van der Waals surface area contributed by atoms with E-state index >= 15 is 0 Å². The summed E-state index contributed by atoms with van der Waals surface area (Å²) in [6, 6.07) is 13.0. The molecule has 2 aliphatic heterocycles. The molecule has 2 amide bonds. The third kappa shape index (κ3) is 3.53. The van der Waals surface area contributed by atoms with Crippen molar-refractivity contribution in [2.45, 2.75) is 19.1 Å². The Morgan fingerprint density at radius 1 is 1.15 bits per heavy atom. The first-order valence-corrected chi connectivity index (χ1v) is 8.78. The second-order valence-corrected chi connectivity index (χ2v) is 6.48. The number of benzene rings is 2. The second kappa shape index (κ2) is 7.19. The first-order chi connectivity index (χ1) is 13.1. The molecule has 0 bridgehead atoms. The number of methoxy groups -OCH3 is 1. The topological polar surface area (TPSA) is 77.1 Å². The molecule has 0 saturated carbocycles. The summed E-state index contributed by atoms with van der Waals surface area (Å²) in [6.45, 7) is 1.24. The Balaban J connectivity index is 1.44. The minimum Gasteiger partial charge on any atom is -0.485 e. The van der Waals surface area contributed by atoms with Gasteiger partial charge in [0.15, 0.2) is 11.5 Å². The first-order valence-electron chi connectivity index (χ1n) is 8.78. The fraction of sp³-hybridized carbons (Fsp3) is 0.300. The molecule has 1 N–H and O–H groups in total. The molecule has 7 heteroatoms. The molecule has 0 aromatic heterocycles. The van der Waals surface area contributed by atoms with E-state index in [1.807, 2.05) is 30.3 Å². The average Bonchev–Trinajstić information content (AvgIpc) is 2.72. The number of carbonyl (C=O) groups is 2. The molecule has 0 saturated heterocycles. The molecule has 0 unspecified atom stereocenters. The van der Waals surface area contributed by atoms with Crippen molar-refractivity contribution in [3.8, 4) is 11.5 Å². The van der Waals surface area contributed by atoms with E-state index in [2.05, 4.69) is 5.32 Å². The smallest absolute Gasteiger partial charge is 0.409 e. The highest BCUT2D eigenvalue weighted by atomic mass is 16.6. The van der Waals surface area contributed by atoms with Gasteiger partial charge in [-0.15, -0.1) is 0 Å². The van der Waals surface area contributed by atoms with Gasteiger partial charge in [-0.25, -0.2) is 4.79 Å². The van der Waals surface area contributed by atoms with Gasteiger partial charge in [0.1, 0.15) is 6.61 Å². The summed E-state index contributed by atoms with van der Waals surface area (Å²) < 4.78 is 16.1. The summed E-state index contributed by atoms with van der Waals surface area (Å²) in [5, 5.41) is 2.87. The summed E-state index contributed by atoms with van der Waals surface area (Å²) in [4.78, 5) is 26.0. The van der Waals surface area contributed by atoms with Gasteiger partial charge in [-0.3, -0.25) is 4.79 Å². The Hall–Kier alpha value is -3.22. The lowest BCUT2D eigenvalue weighted by molar-refractivity contribution is -0.125. The van der Waals surface area contributed by atoms with Gasteiger partial charge in [0.05, 0.1) is 7.11 Å². The Bertz CT molecular complexity index is 882. The van der Waals surface area contributed by atoms with Gasteiger partial charge in [-0.2, -0.15) is 0 Å². The van der Waals surface area contributed by atoms with E-state index in [9.17, 15) is 9.59 Å². The maximum absolute atomic E-state index is 12.6.